The molecule has 0 saturated carbocycles. The summed E-state index contributed by atoms with van der Waals surface area (Å²) in [7, 11) is -3.17. The minimum atomic E-state index is -3.17. The van der Waals surface area contributed by atoms with Crippen molar-refractivity contribution < 1.29 is 12.8 Å². The first-order valence-corrected chi connectivity index (χ1v) is 8.62. The minimum absolute atomic E-state index is 0.274. The van der Waals surface area contributed by atoms with Gasteiger partial charge in [0.1, 0.15) is 11.5 Å². The van der Waals surface area contributed by atoms with Crippen LogP contribution in [0.3, 0.4) is 0 Å². The molecule has 1 aliphatic rings. The summed E-state index contributed by atoms with van der Waals surface area (Å²) in [6.45, 7) is 3.61. The minimum Gasteiger partial charge on any atom is -0.463 e. The maximum atomic E-state index is 11.5. The molecular formula is C13H22N2O3S. The van der Waals surface area contributed by atoms with Gasteiger partial charge in [0.2, 0.25) is 10.0 Å². The molecule has 1 aliphatic heterocycles. The van der Waals surface area contributed by atoms with Gasteiger partial charge in [-0.25, -0.2) is 8.42 Å². The first-order valence-electron chi connectivity index (χ1n) is 6.78. The Morgan fingerprint density at radius 3 is 2.79 bits per heavy atom. The highest BCUT2D eigenvalue weighted by Gasteiger charge is 2.20. The van der Waals surface area contributed by atoms with E-state index in [-0.39, 0.29) is 6.04 Å². The van der Waals surface area contributed by atoms with Gasteiger partial charge in [-0.3, -0.25) is 0 Å². The summed E-state index contributed by atoms with van der Waals surface area (Å²) in [5, 5.41) is 3.42. The van der Waals surface area contributed by atoms with Crippen LogP contribution in [-0.4, -0.2) is 32.1 Å². The topological polar surface area (TPSA) is 62.6 Å². The molecule has 0 bridgehead atoms. The van der Waals surface area contributed by atoms with Crippen molar-refractivity contribution >= 4 is 10.0 Å². The van der Waals surface area contributed by atoms with Gasteiger partial charge < -0.3 is 9.73 Å². The van der Waals surface area contributed by atoms with Crippen LogP contribution in [0.2, 0.25) is 0 Å². The van der Waals surface area contributed by atoms with Gasteiger partial charge in [0.25, 0.3) is 0 Å². The molecule has 1 atom stereocenters. The maximum absolute atomic E-state index is 11.5. The summed E-state index contributed by atoms with van der Waals surface area (Å²) in [5.74, 6) is 1.62. The molecule has 0 unspecified atom stereocenters. The second kappa shape index (κ2) is 6.07. The smallest absolute Gasteiger partial charge is 0.211 e. The van der Waals surface area contributed by atoms with E-state index in [2.05, 4.69) is 5.32 Å². The molecule has 0 aromatic carbocycles. The molecule has 19 heavy (non-hydrogen) atoms. The lowest BCUT2D eigenvalue weighted by molar-refractivity contribution is 0.319. The van der Waals surface area contributed by atoms with E-state index in [0.717, 1.165) is 18.7 Å². The normalized spacial score (nSPS) is 20.9. The molecule has 0 radical (unpaired) electrons. The van der Waals surface area contributed by atoms with Crippen LogP contribution in [-0.2, 0) is 16.6 Å². The average Bonchev–Trinajstić information content (AvgIpc) is 2.84. The van der Waals surface area contributed by atoms with Gasteiger partial charge in [-0.05, 0) is 31.5 Å². The van der Waals surface area contributed by atoms with E-state index in [1.807, 2.05) is 19.1 Å². The Morgan fingerprint density at radius 1 is 1.42 bits per heavy atom. The van der Waals surface area contributed by atoms with Crippen molar-refractivity contribution in [2.45, 2.75) is 38.8 Å². The second-order valence-electron chi connectivity index (χ2n) is 5.00. The van der Waals surface area contributed by atoms with Crippen molar-refractivity contribution in [3.63, 3.8) is 0 Å². The molecule has 1 aromatic heterocycles. The molecule has 2 heterocycles. The highest BCUT2D eigenvalue weighted by Crippen LogP contribution is 2.25. The number of piperidine rings is 1. The van der Waals surface area contributed by atoms with Crippen molar-refractivity contribution in [3.05, 3.63) is 23.7 Å². The van der Waals surface area contributed by atoms with E-state index in [4.69, 9.17) is 4.42 Å². The largest absolute Gasteiger partial charge is 0.463 e. The lowest BCUT2D eigenvalue weighted by Gasteiger charge is -2.21. The van der Waals surface area contributed by atoms with Gasteiger partial charge in [0.15, 0.2) is 0 Å². The van der Waals surface area contributed by atoms with Crippen LogP contribution in [0.25, 0.3) is 0 Å². The van der Waals surface area contributed by atoms with E-state index in [1.54, 1.807) is 0 Å². The van der Waals surface area contributed by atoms with Crippen LogP contribution in [0.5, 0.6) is 0 Å². The van der Waals surface area contributed by atoms with Crippen molar-refractivity contribution in [2.24, 2.45) is 0 Å². The van der Waals surface area contributed by atoms with Crippen LogP contribution in [0.1, 0.15) is 43.7 Å². The summed E-state index contributed by atoms with van der Waals surface area (Å²) in [6, 6.07) is 4.10. The molecule has 0 aliphatic carbocycles. The highest BCUT2D eigenvalue weighted by atomic mass is 32.2. The predicted octanol–water partition coefficient (Wildman–Crippen LogP) is 1.88. The zero-order chi connectivity index (χ0) is 13.9. The van der Waals surface area contributed by atoms with E-state index in [9.17, 15) is 8.42 Å². The third-order valence-electron chi connectivity index (χ3n) is 3.49. The SMILES string of the molecule is CCN(Cc1ccc([C@H]2CCCCN2)o1)S(C)(=O)=O. The number of sulfonamides is 1. The van der Waals surface area contributed by atoms with Gasteiger partial charge in [-0.1, -0.05) is 13.3 Å². The molecule has 5 nitrogen and oxygen atoms in total. The van der Waals surface area contributed by atoms with E-state index < -0.39 is 10.0 Å². The summed E-state index contributed by atoms with van der Waals surface area (Å²) in [4.78, 5) is 0. The summed E-state index contributed by atoms with van der Waals surface area (Å²) < 4.78 is 30.3. The fraction of sp³-hybridized carbons (Fsp3) is 0.692. The number of furan rings is 1. The van der Waals surface area contributed by atoms with E-state index in [1.165, 1.54) is 23.4 Å². The van der Waals surface area contributed by atoms with Gasteiger partial charge in [0, 0.05) is 6.54 Å². The molecule has 108 valence electrons. The number of nitrogens with zero attached hydrogens (tertiary/aromatic N) is 1. The number of rotatable bonds is 5. The molecular weight excluding hydrogens is 264 g/mol. The van der Waals surface area contributed by atoms with Crippen molar-refractivity contribution in [3.8, 4) is 0 Å². The molecule has 2 rings (SSSR count). The molecule has 6 heteroatoms. The predicted molar refractivity (Wildman–Crippen MR) is 74.2 cm³/mol. The third kappa shape index (κ3) is 3.81. The highest BCUT2D eigenvalue weighted by molar-refractivity contribution is 7.88. The van der Waals surface area contributed by atoms with E-state index in [0.29, 0.717) is 18.8 Å². The van der Waals surface area contributed by atoms with Crippen LogP contribution in [0.15, 0.2) is 16.5 Å². The Bertz CT molecular complexity index is 504. The zero-order valence-corrected chi connectivity index (χ0v) is 12.4. The maximum Gasteiger partial charge on any atom is 0.211 e. The van der Waals surface area contributed by atoms with Crippen LogP contribution in [0.4, 0.5) is 0 Å². The first kappa shape index (κ1) is 14.6. The average molecular weight is 286 g/mol. The van der Waals surface area contributed by atoms with E-state index >= 15 is 0 Å². The Kier molecular flexibility index (Phi) is 4.65. The molecule has 1 fully saturated rings. The lowest BCUT2D eigenvalue weighted by atomic mass is 10.0. The molecule has 1 N–H and O–H groups in total. The van der Waals surface area contributed by atoms with Crippen LogP contribution in [0, 0.1) is 0 Å². The standard InChI is InChI=1S/C13H22N2O3S/c1-3-15(19(2,16)17)10-11-7-8-13(18-11)12-6-4-5-9-14-12/h7-8,12,14H,3-6,9-10H2,1-2H3/t12-/m1/s1. The molecule has 0 amide bonds. The summed E-state index contributed by atoms with van der Waals surface area (Å²) in [5.41, 5.74) is 0. The van der Waals surface area contributed by atoms with Crippen molar-refractivity contribution in [2.75, 3.05) is 19.3 Å². The monoisotopic (exact) mass is 286 g/mol. The summed E-state index contributed by atoms with van der Waals surface area (Å²) in [6.07, 6.45) is 4.72. The van der Waals surface area contributed by atoms with Gasteiger partial charge in [-0.2, -0.15) is 4.31 Å². The first-order chi connectivity index (χ1) is 9.00. The van der Waals surface area contributed by atoms with Crippen molar-refractivity contribution in [1.82, 2.24) is 9.62 Å². The lowest BCUT2D eigenvalue weighted by Crippen LogP contribution is -2.29. The third-order valence-corrected chi connectivity index (χ3v) is 4.82. The molecule has 1 saturated heterocycles. The Balaban J connectivity index is 2.04. The quantitative estimate of drug-likeness (QED) is 0.897. The molecule has 0 spiro atoms. The second-order valence-corrected chi connectivity index (χ2v) is 6.98. The van der Waals surface area contributed by atoms with Crippen LogP contribution >= 0.6 is 0 Å². The Hall–Kier alpha value is -0.850. The Labute approximate surface area is 115 Å². The zero-order valence-electron chi connectivity index (χ0n) is 11.6. The van der Waals surface area contributed by atoms with Crippen molar-refractivity contribution in [1.29, 1.82) is 0 Å². The van der Waals surface area contributed by atoms with Gasteiger partial charge in [0.05, 0.1) is 18.8 Å². The molecule has 1 aromatic rings. The number of nitrogens with one attached hydrogen (secondary N) is 1. The number of hydrogen-bond donors (Lipinski definition) is 1. The number of hydrogen-bond acceptors (Lipinski definition) is 4. The summed E-state index contributed by atoms with van der Waals surface area (Å²) >= 11 is 0. The van der Waals surface area contributed by atoms with Gasteiger partial charge in [-0.15, -0.1) is 0 Å². The Morgan fingerprint density at radius 2 is 2.21 bits per heavy atom. The fourth-order valence-electron chi connectivity index (χ4n) is 2.40. The fourth-order valence-corrected chi connectivity index (χ4v) is 3.23. The van der Waals surface area contributed by atoms with Gasteiger partial charge >= 0.3 is 0 Å². The van der Waals surface area contributed by atoms with Crippen LogP contribution < -0.4 is 5.32 Å².